The minimum absolute atomic E-state index is 0.00140. The van der Waals surface area contributed by atoms with Gasteiger partial charge in [0.05, 0.1) is 31.1 Å². The van der Waals surface area contributed by atoms with Gasteiger partial charge < -0.3 is 19.2 Å². The highest BCUT2D eigenvalue weighted by Gasteiger charge is 2.25. The summed E-state index contributed by atoms with van der Waals surface area (Å²) in [6.45, 7) is 8.33. The molecular weight excluding hydrogens is 426 g/mol. The smallest absolute Gasteiger partial charge is 0.251 e. The van der Waals surface area contributed by atoms with E-state index in [9.17, 15) is 4.79 Å². The van der Waals surface area contributed by atoms with E-state index in [1.807, 2.05) is 23.2 Å². The number of aromatic amines is 1. The SMILES string of the molecule is Cc1cccc([C@@H](CN2CC2)n2ccc(-c3c[nH]c4ncc(N5CCOCC5)cc34)cc2=O)c1. The zero-order chi connectivity index (χ0) is 23.1. The monoisotopic (exact) mass is 455 g/mol. The Balaban J connectivity index is 1.36. The van der Waals surface area contributed by atoms with E-state index < -0.39 is 0 Å². The number of anilines is 1. The quantitative estimate of drug-likeness (QED) is 0.451. The van der Waals surface area contributed by atoms with Crippen LogP contribution in [0.1, 0.15) is 17.2 Å². The number of benzene rings is 1. The van der Waals surface area contributed by atoms with Crippen molar-refractivity contribution in [1.82, 2.24) is 19.4 Å². The van der Waals surface area contributed by atoms with E-state index >= 15 is 0 Å². The molecule has 34 heavy (non-hydrogen) atoms. The van der Waals surface area contributed by atoms with Crippen LogP contribution in [0.25, 0.3) is 22.2 Å². The fourth-order valence-corrected chi connectivity index (χ4v) is 4.87. The van der Waals surface area contributed by atoms with Gasteiger partial charge in [-0.1, -0.05) is 29.8 Å². The van der Waals surface area contributed by atoms with E-state index in [0.29, 0.717) is 0 Å². The summed E-state index contributed by atoms with van der Waals surface area (Å²) in [6, 6.07) is 14.5. The van der Waals surface area contributed by atoms with E-state index in [2.05, 4.69) is 63.1 Å². The molecule has 174 valence electrons. The lowest BCUT2D eigenvalue weighted by Gasteiger charge is -2.28. The molecule has 3 aromatic heterocycles. The van der Waals surface area contributed by atoms with Crippen molar-refractivity contribution in [2.75, 3.05) is 50.8 Å². The molecule has 0 unspecified atom stereocenters. The van der Waals surface area contributed by atoms with Crippen LogP contribution in [-0.4, -0.2) is 65.4 Å². The highest BCUT2D eigenvalue weighted by Crippen LogP contribution is 2.31. The van der Waals surface area contributed by atoms with Crippen molar-refractivity contribution in [2.45, 2.75) is 13.0 Å². The predicted molar refractivity (Wildman–Crippen MR) is 135 cm³/mol. The number of morpholine rings is 1. The van der Waals surface area contributed by atoms with E-state index in [-0.39, 0.29) is 11.6 Å². The van der Waals surface area contributed by atoms with E-state index in [4.69, 9.17) is 4.74 Å². The third kappa shape index (κ3) is 4.13. The molecular formula is C27H29N5O2. The number of aryl methyl sites for hydroxylation is 1. The van der Waals surface area contributed by atoms with Gasteiger partial charge in [-0.2, -0.15) is 0 Å². The zero-order valence-electron chi connectivity index (χ0n) is 19.4. The van der Waals surface area contributed by atoms with Gasteiger partial charge in [-0.15, -0.1) is 0 Å². The Hall–Kier alpha value is -3.42. The number of H-pyrrole nitrogens is 1. The molecule has 7 heteroatoms. The fraction of sp³-hybridized carbons (Fsp3) is 0.333. The van der Waals surface area contributed by atoms with Crippen molar-refractivity contribution in [2.24, 2.45) is 0 Å². The van der Waals surface area contributed by atoms with Gasteiger partial charge in [0, 0.05) is 62.1 Å². The summed E-state index contributed by atoms with van der Waals surface area (Å²) < 4.78 is 7.37. The highest BCUT2D eigenvalue weighted by atomic mass is 16.5. The molecule has 0 aliphatic carbocycles. The molecule has 0 amide bonds. The van der Waals surface area contributed by atoms with Gasteiger partial charge in [0.1, 0.15) is 5.65 Å². The van der Waals surface area contributed by atoms with Crippen LogP contribution in [0.5, 0.6) is 0 Å². The van der Waals surface area contributed by atoms with Crippen LogP contribution in [-0.2, 0) is 4.74 Å². The Bertz CT molecular complexity index is 1380. The summed E-state index contributed by atoms with van der Waals surface area (Å²) in [6.07, 6.45) is 5.81. The van der Waals surface area contributed by atoms with E-state index in [1.165, 1.54) is 11.1 Å². The van der Waals surface area contributed by atoms with Crippen molar-refractivity contribution in [3.63, 3.8) is 0 Å². The van der Waals surface area contributed by atoms with Crippen LogP contribution in [0.4, 0.5) is 5.69 Å². The number of rotatable bonds is 6. The molecule has 0 bridgehead atoms. The number of aromatic nitrogens is 3. The van der Waals surface area contributed by atoms with Crippen molar-refractivity contribution < 1.29 is 4.74 Å². The molecule has 2 aliphatic heterocycles. The maximum atomic E-state index is 13.4. The molecule has 2 fully saturated rings. The van der Waals surface area contributed by atoms with Gasteiger partial charge in [0.2, 0.25) is 0 Å². The minimum atomic E-state index is 0.00140. The molecule has 2 saturated heterocycles. The minimum Gasteiger partial charge on any atom is -0.378 e. The van der Waals surface area contributed by atoms with Gasteiger partial charge in [-0.05, 0) is 30.2 Å². The van der Waals surface area contributed by atoms with Gasteiger partial charge in [0.25, 0.3) is 5.56 Å². The second-order valence-corrected chi connectivity index (χ2v) is 9.28. The average Bonchev–Trinajstić information content (AvgIpc) is 3.59. The van der Waals surface area contributed by atoms with Crippen LogP contribution in [0, 0.1) is 6.92 Å². The average molecular weight is 456 g/mol. The number of ether oxygens (including phenoxy) is 1. The maximum Gasteiger partial charge on any atom is 0.251 e. The zero-order valence-corrected chi connectivity index (χ0v) is 19.4. The summed E-state index contributed by atoms with van der Waals surface area (Å²) in [4.78, 5) is 25.9. The third-order valence-electron chi connectivity index (χ3n) is 6.89. The number of hydrogen-bond donors (Lipinski definition) is 1. The molecule has 0 spiro atoms. The molecule has 7 nitrogen and oxygen atoms in total. The van der Waals surface area contributed by atoms with E-state index in [0.717, 1.165) is 73.8 Å². The summed E-state index contributed by atoms with van der Waals surface area (Å²) in [7, 11) is 0. The first-order chi connectivity index (χ1) is 16.7. The van der Waals surface area contributed by atoms with Crippen LogP contribution >= 0.6 is 0 Å². The number of nitrogens with zero attached hydrogens (tertiary/aromatic N) is 4. The molecule has 1 atom stereocenters. The fourth-order valence-electron chi connectivity index (χ4n) is 4.87. The summed E-state index contributed by atoms with van der Waals surface area (Å²) in [5.74, 6) is 0. The van der Waals surface area contributed by atoms with Crippen molar-refractivity contribution in [1.29, 1.82) is 0 Å². The van der Waals surface area contributed by atoms with E-state index in [1.54, 1.807) is 6.07 Å². The van der Waals surface area contributed by atoms with Crippen molar-refractivity contribution >= 4 is 16.7 Å². The molecule has 0 radical (unpaired) electrons. The Labute approximate surface area is 198 Å². The van der Waals surface area contributed by atoms with Crippen molar-refractivity contribution in [3.05, 3.63) is 82.5 Å². The lowest BCUT2D eigenvalue weighted by molar-refractivity contribution is 0.122. The van der Waals surface area contributed by atoms with Crippen LogP contribution in [0.3, 0.4) is 0 Å². The van der Waals surface area contributed by atoms with Crippen LogP contribution < -0.4 is 10.5 Å². The molecule has 5 heterocycles. The standard InChI is InChI=1S/C27H29N5O2/c1-19-3-2-4-21(13-19)25(18-30-7-8-30)32-6-5-20(14-26(32)33)24-17-29-27-23(24)15-22(16-28-27)31-9-11-34-12-10-31/h2-6,13-17,25H,7-12,18H2,1H3,(H,28,29)/t25-/m1/s1. The lowest BCUT2D eigenvalue weighted by atomic mass is 10.0. The molecule has 2 aliphatic rings. The molecule has 1 N–H and O–H groups in total. The molecule has 4 aromatic rings. The normalized spacial score (nSPS) is 17.3. The van der Waals surface area contributed by atoms with Gasteiger partial charge in [-0.3, -0.25) is 9.69 Å². The third-order valence-corrected chi connectivity index (χ3v) is 6.89. The van der Waals surface area contributed by atoms with Crippen LogP contribution in [0.2, 0.25) is 0 Å². The number of pyridine rings is 2. The summed E-state index contributed by atoms with van der Waals surface area (Å²) in [5.41, 5.74) is 6.22. The Morgan fingerprint density at radius 2 is 1.94 bits per heavy atom. The largest absolute Gasteiger partial charge is 0.378 e. The Kier molecular flexibility index (Phi) is 5.43. The van der Waals surface area contributed by atoms with Gasteiger partial charge in [-0.25, -0.2) is 4.98 Å². The van der Waals surface area contributed by atoms with Crippen LogP contribution in [0.15, 0.2) is 65.8 Å². The molecule has 6 rings (SSSR count). The predicted octanol–water partition coefficient (Wildman–Crippen LogP) is 3.44. The number of hydrogen-bond acceptors (Lipinski definition) is 5. The lowest BCUT2D eigenvalue weighted by Crippen LogP contribution is -2.36. The second-order valence-electron chi connectivity index (χ2n) is 9.28. The summed E-state index contributed by atoms with van der Waals surface area (Å²) in [5, 5.41) is 1.03. The Morgan fingerprint density at radius 1 is 1.09 bits per heavy atom. The second kappa shape index (κ2) is 8.74. The first-order valence-corrected chi connectivity index (χ1v) is 12.0. The molecule has 0 saturated carbocycles. The first kappa shape index (κ1) is 21.1. The Morgan fingerprint density at radius 3 is 2.71 bits per heavy atom. The number of fused-ring (bicyclic) bond motifs is 1. The summed E-state index contributed by atoms with van der Waals surface area (Å²) >= 11 is 0. The highest BCUT2D eigenvalue weighted by molar-refractivity contribution is 5.95. The topological polar surface area (TPSA) is 66.2 Å². The van der Waals surface area contributed by atoms with Gasteiger partial charge in [0.15, 0.2) is 0 Å². The first-order valence-electron chi connectivity index (χ1n) is 12.0. The maximum absolute atomic E-state index is 13.4. The molecule has 1 aromatic carbocycles. The van der Waals surface area contributed by atoms with Gasteiger partial charge >= 0.3 is 0 Å². The van der Waals surface area contributed by atoms with Crippen molar-refractivity contribution in [3.8, 4) is 11.1 Å². The number of nitrogens with one attached hydrogen (secondary N) is 1.